The lowest BCUT2D eigenvalue weighted by atomic mass is 10.1. The van der Waals surface area contributed by atoms with E-state index in [9.17, 15) is 4.79 Å². The molecule has 1 aromatic carbocycles. The number of fused-ring (bicyclic) bond motifs is 1. The summed E-state index contributed by atoms with van der Waals surface area (Å²) in [5.41, 5.74) is 2.84. The number of carbonyl (C=O) groups excluding carboxylic acids is 1. The quantitative estimate of drug-likeness (QED) is 0.784. The highest BCUT2D eigenvalue weighted by molar-refractivity contribution is 5.75. The molecule has 1 N–H and O–H groups in total. The lowest BCUT2D eigenvalue weighted by molar-refractivity contribution is -0.121. The maximum Gasteiger partial charge on any atom is 0.221 e. The summed E-state index contributed by atoms with van der Waals surface area (Å²) in [4.78, 5) is 11.7. The van der Waals surface area contributed by atoms with E-state index in [2.05, 4.69) is 27.8 Å². The molecule has 1 aliphatic rings. The summed E-state index contributed by atoms with van der Waals surface area (Å²) < 4.78 is 7.33. The second-order valence-electron chi connectivity index (χ2n) is 5.40. The van der Waals surface area contributed by atoms with Crippen molar-refractivity contribution < 1.29 is 9.53 Å². The van der Waals surface area contributed by atoms with Crippen molar-refractivity contribution in [1.82, 2.24) is 20.3 Å². The fraction of sp³-hybridized carbons (Fsp3) is 0.438. The fourth-order valence-corrected chi connectivity index (χ4v) is 2.65. The molecule has 3 rings (SSSR count). The molecule has 0 fully saturated rings. The van der Waals surface area contributed by atoms with Crippen molar-refractivity contribution in [2.24, 2.45) is 0 Å². The molecule has 1 aromatic heterocycles. The third-order valence-electron chi connectivity index (χ3n) is 3.80. The number of benzene rings is 1. The zero-order valence-corrected chi connectivity index (χ0v) is 12.5. The lowest BCUT2D eigenvalue weighted by Crippen LogP contribution is -2.28. The molecule has 0 bridgehead atoms. The summed E-state index contributed by atoms with van der Waals surface area (Å²) in [6, 6.07) is 6.28. The third kappa shape index (κ3) is 3.84. The number of amides is 1. The van der Waals surface area contributed by atoms with Gasteiger partial charge in [0.1, 0.15) is 12.4 Å². The monoisotopic (exact) mass is 300 g/mol. The highest BCUT2D eigenvalue weighted by Crippen LogP contribution is 2.25. The molecule has 0 radical (unpaired) electrons. The third-order valence-corrected chi connectivity index (χ3v) is 3.80. The van der Waals surface area contributed by atoms with E-state index in [1.165, 1.54) is 24.0 Å². The molecule has 1 amide bonds. The highest BCUT2D eigenvalue weighted by atomic mass is 16.5. The van der Waals surface area contributed by atoms with Crippen molar-refractivity contribution in [2.75, 3.05) is 13.2 Å². The molecule has 0 atom stereocenters. The van der Waals surface area contributed by atoms with Crippen LogP contribution < -0.4 is 10.1 Å². The lowest BCUT2D eigenvalue weighted by Gasteiger charge is -2.09. The zero-order chi connectivity index (χ0) is 15.2. The Labute approximate surface area is 129 Å². The van der Waals surface area contributed by atoms with Gasteiger partial charge < -0.3 is 10.1 Å². The summed E-state index contributed by atoms with van der Waals surface area (Å²) in [5, 5.41) is 10.4. The minimum Gasteiger partial charge on any atom is -0.492 e. The van der Waals surface area contributed by atoms with E-state index in [-0.39, 0.29) is 5.91 Å². The number of nitrogens with zero attached hydrogens (tertiary/aromatic N) is 3. The fourth-order valence-electron chi connectivity index (χ4n) is 2.65. The van der Waals surface area contributed by atoms with E-state index < -0.39 is 0 Å². The summed E-state index contributed by atoms with van der Waals surface area (Å²) in [6.07, 6.45) is 7.29. The number of rotatable bonds is 7. The normalized spacial score (nSPS) is 12.9. The minimum atomic E-state index is -0.00643. The molecule has 0 spiro atoms. The molecule has 1 heterocycles. The predicted molar refractivity (Wildman–Crippen MR) is 81.6 cm³/mol. The van der Waals surface area contributed by atoms with Crippen LogP contribution >= 0.6 is 0 Å². The second-order valence-corrected chi connectivity index (χ2v) is 5.40. The summed E-state index contributed by atoms with van der Waals surface area (Å²) in [7, 11) is 0. The number of hydrogen-bond acceptors (Lipinski definition) is 4. The van der Waals surface area contributed by atoms with Crippen molar-refractivity contribution in [2.45, 2.75) is 32.2 Å². The van der Waals surface area contributed by atoms with Crippen molar-refractivity contribution in [3.05, 3.63) is 41.7 Å². The van der Waals surface area contributed by atoms with Gasteiger partial charge in [-0.25, -0.2) is 0 Å². The Hall–Kier alpha value is -2.37. The van der Waals surface area contributed by atoms with E-state index in [0.29, 0.717) is 26.1 Å². The number of ether oxygens (including phenoxy) is 1. The first-order chi connectivity index (χ1) is 10.8. The molecule has 116 valence electrons. The van der Waals surface area contributed by atoms with Crippen LogP contribution in [0.15, 0.2) is 30.6 Å². The van der Waals surface area contributed by atoms with E-state index in [1.807, 2.05) is 6.07 Å². The van der Waals surface area contributed by atoms with Crippen molar-refractivity contribution >= 4 is 5.91 Å². The van der Waals surface area contributed by atoms with Gasteiger partial charge in [0.2, 0.25) is 5.91 Å². The molecule has 0 saturated carbocycles. The van der Waals surface area contributed by atoms with Crippen LogP contribution in [0.3, 0.4) is 0 Å². The van der Waals surface area contributed by atoms with Crippen LogP contribution in [0.5, 0.6) is 5.75 Å². The van der Waals surface area contributed by atoms with Crippen LogP contribution in [0.2, 0.25) is 0 Å². The summed E-state index contributed by atoms with van der Waals surface area (Å²) >= 11 is 0. The highest BCUT2D eigenvalue weighted by Gasteiger charge is 2.11. The maximum absolute atomic E-state index is 11.7. The van der Waals surface area contributed by atoms with Crippen molar-refractivity contribution in [3.63, 3.8) is 0 Å². The molecule has 0 saturated heterocycles. The molecule has 22 heavy (non-hydrogen) atoms. The van der Waals surface area contributed by atoms with Crippen molar-refractivity contribution in [1.29, 1.82) is 0 Å². The van der Waals surface area contributed by atoms with Gasteiger partial charge in [-0.2, -0.15) is 0 Å². The average molecular weight is 300 g/mol. The van der Waals surface area contributed by atoms with E-state index in [0.717, 1.165) is 12.2 Å². The molecule has 1 aliphatic carbocycles. The van der Waals surface area contributed by atoms with Crippen LogP contribution in [-0.4, -0.2) is 34.1 Å². The Bertz CT molecular complexity index is 625. The molecular formula is C16H20N4O2. The van der Waals surface area contributed by atoms with Gasteiger partial charge in [0.05, 0.1) is 19.3 Å². The molecule has 6 nitrogen and oxygen atoms in total. The van der Waals surface area contributed by atoms with Crippen LogP contribution in [0.4, 0.5) is 0 Å². The van der Waals surface area contributed by atoms with Gasteiger partial charge in [-0.1, -0.05) is 11.3 Å². The van der Waals surface area contributed by atoms with Crippen LogP contribution in [0.1, 0.15) is 24.0 Å². The van der Waals surface area contributed by atoms with Crippen LogP contribution in [0.25, 0.3) is 0 Å². The topological polar surface area (TPSA) is 69.0 Å². The molecule has 2 aromatic rings. The average Bonchev–Trinajstić information content (AvgIpc) is 3.20. The van der Waals surface area contributed by atoms with Gasteiger partial charge in [0.15, 0.2) is 0 Å². The second kappa shape index (κ2) is 7.06. The minimum absolute atomic E-state index is 0.00643. The van der Waals surface area contributed by atoms with Crippen molar-refractivity contribution in [3.8, 4) is 5.75 Å². The first-order valence-electron chi connectivity index (χ1n) is 7.67. The van der Waals surface area contributed by atoms with Gasteiger partial charge in [-0.3, -0.25) is 9.48 Å². The first kappa shape index (κ1) is 14.6. The van der Waals surface area contributed by atoms with E-state index >= 15 is 0 Å². The Morgan fingerprint density at radius 3 is 3.09 bits per heavy atom. The number of aromatic nitrogens is 3. The van der Waals surface area contributed by atoms with Crippen LogP contribution in [0, 0.1) is 0 Å². The Morgan fingerprint density at radius 2 is 2.23 bits per heavy atom. The number of aryl methyl sites for hydroxylation is 3. The Morgan fingerprint density at radius 1 is 1.32 bits per heavy atom. The zero-order valence-electron chi connectivity index (χ0n) is 12.5. The molecule has 0 aliphatic heterocycles. The van der Waals surface area contributed by atoms with Gasteiger partial charge in [0.25, 0.3) is 0 Å². The number of carbonyl (C=O) groups is 1. The summed E-state index contributed by atoms with van der Waals surface area (Å²) in [6.45, 7) is 1.53. The van der Waals surface area contributed by atoms with E-state index in [1.54, 1.807) is 17.1 Å². The molecular weight excluding hydrogens is 280 g/mol. The van der Waals surface area contributed by atoms with Gasteiger partial charge in [0, 0.05) is 12.6 Å². The first-order valence-corrected chi connectivity index (χ1v) is 7.67. The standard InChI is InChI=1S/C16H20N4O2/c21-16(6-9-20-10-7-18-19-20)17-8-11-22-15-5-4-13-2-1-3-14(13)12-15/h4-5,7,10,12H,1-3,6,8-9,11H2,(H,17,21). The van der Waals surface area contributed by atoms with Gasteiger partial charge in [-0.05, 0) is 42.5 Å². The predicted octanol–water partition coefficient (Wildman–Crippen LogP) is 1.35. The van der Waals surface area contributed by atoms with Gasteiger partial charge >= 0.3 is 0 Å². The van der Waals surface area contributed by atoms with E-state index in [4.69, 9.17) is 4.74 Å². The SMILES string of the molecule is O=C(CCn1ccnn1)NCCOc1ccc2c(c1)CCC2. The number of nitrogens with one attached hydrogen (secondary N) is 1. The molecule has 0 unspecified atom stereocenters. The Kier molecular flexibility index (Phi) is 4.68. The summed E-state index contributed by atoms with van der Waals surface area (Å²) in [5.74, 6) is 0.880. The van der Waals surface area contributed by atoms with Crippen LogP contribution in [-0.2, 0) is 24.2 Å². The maximum atomic E-state index is 11.7. The van der Waals surface area contributed by atoms with Gasteiger partial charge in [-0.15, -0.1) is 5.10 Å². The number of hydrogen-bond donors (Lipinski definition) is 1. The molecule has 6 heteroatoms. The smallest absolute Gasteiger partial charge is 0.221 e. The largest absolute Gasteiger partial charge is 0.492 e. The Balaban J connectivity index is 1.34.